The molecule has 3 rings (SSSR count). The molecule has 110 valence electrons. The number of nitrogens with two attached hydrogens (primary N) is 1. The molecule has 0 aromatic heterocycles. The molecule has 0 spiro atoms. The smallest absolute Gasteiger partial charge is 0.254 e. The Kier molecular flexibility index (Phi) is 5.02. The van der Waals surface area contributed by atoms with Crippen LogP contribution in [0.4, 0.5) is 0 Å². The van der Waals surface area contributed by atoms with Crippen LogP contribution in [0.3, 0.4) is 0 Å². The molecule has 1 aromatic carbocycles. The number of amides is 1. The van der Waals surface area contributed by atoms with Crippen LogP contribution in [-0.2, 0) is 16.0 Å². The molecule has 5 heteroatoms. The number of carbonyl (C=O) groups excluding carboxylic acids is 1. The van der Waals surface area contributed by atoms with Crippen molar-refractivity contribution in [2.45, 2.75) is 31.4 Å². The van der Waals surface area contributed by atoms with Crippen LogP contribution in [0.1, 0.15) is 30.1 Å². The zero-order chi connectivity index (χ0) is 13.2. The average Bonchev–Trinajstić information content (AvgIpc) is 3.28. The highest BCUT2D eigenvalue weighted by Crippen LogP contribution is 2.33. The number of ether oxygens (including phenoxy) is 1. The lowest BCUT2D eigenvalue weighted by molar-refractivity contribution is -0.135. The second-order valence-electron chi connectivity index (χ2n) is 5.39. The molecule has 1 aromatic rings. The van der Waals surface area contributed by atoms with Crippen molar-refractivity contribution in [3.8, 4) is 0 Å². The Balaban J connectivity index is 0.00000147. The first-order chi connectivity index (χ1) is 9.29. The molecule has 0 radical (unpaired) electrons. The highest BCUT2D eigenvalue weighted by atomic mass is 35.5. The van der Waals surface area contributed by atoms with Gasteiger partial charge in [-0.2, -0.15) is 0 Å². The number of fused-ring (bicyclic) bond motifs is 1. The van der Waals surface area contributed by atoms with Crippen LogP contribution < -0.4 is 11.1 Å². The molecule has 2 unspecified atom stereocenters. The number of nitrogens with one attached hydrogen (secondary N) is 1. The summed E-state index contributed by atoms with van der Waals surface area (Å²) in [5.41, 5.74) is 7.94. The van der Waals surface area contributed by atoms with E-state index in [1.165, 1.54) is 18.4 Å². The Morgan fingerprint density at radius 3 is 2.85 bits per heavy atom. The zero-order valence-corrected chi connectivity index (χ0v) is 12.2. The van der Waals surface area contributed by atoms with Gasteiger partial charge in [-0.15, -0.1) is 12.4 Å². The summed E-state index contributed by atoms with van der Waals surface area (Å²) < 4.78 is 5.66. The summed E-state index contributed by atoms with van der Waals surface area (Å²) in [6, 6.07) is 8.11. The van der Waals surface area contributed by atoms with Gasteiger partial charge in [0.15, 0.2) is 6.10 Å². The van der Waals surface area contributed by atoms with Crippen molar-refractivity contribution in [1.29, 1.82) is 0 Å². The van der Waals surface area contributed by atoms with E-state index in [-0.39, 0.29) is 24.4 Å². The van der Waals surface area contributed by atoms with Gasteiger partial charge in [-0.3, -0.25) is 4.79 Å². The molecular weight excluding hydrogens is 276 g/mol. The molecule has 0 bridgehead atoms. The number of hydrogen-bond acceptors (Lipinski definition) is 3. The third-order valence-electron chi connectivity index (χ3n) is 4.00. The summed E-state index contributed by atoms with van der Waals surface area (Å²) in [5, 5.41) is 3.05. The number of benzene rings is 1. The molecule has 1 heterocycles. The number of rotatable bonds is 4. The van der Waals surface area contributed by atoms with E-state index in [0.717, 1.165) is 12.0 Å². The van der Waals surface area contributed by atoms with Crippen molar-refractivity contribution in [2.24, 2.45) is 11.7 Å². The lowest BCUT2D eigenvalue weighted by Crippen LogP contribution is -2.45. The fourth-order valence-corrected chi connectivity index (χ4v) is 2.74. The minimum Gasteiger partial charge on any atom is -0.363 e. The maximum absolute atomic E-state index is 12.4. The molecule has 4 nitrogen and oxygen atoms in total. The Labute approximate surface area is 125 Å². The van der Waals surface area contributed by atoms with E-state index >= 15 is 0 Å². The second-order valence-corrected chi connectivity index (χ2v) is 5.39. The van der Waals surface area contributed by atoms with E-state index in [9.17, 15) is 4.79 Å². The van der Waals surface area contributed by atoms with Gasteiger partial charge >= 0.3 is 0 Å². The van der Waals surface area contributed by atoms with Gasteiger partial charge in [0.25, 0.3) is 5.91 Å². The predicted octanol–water partition coefficient (Wildman–Crippen LogP) is 1.58. The number of carbonyl (C=O) groups is 1. The maximum Gasteiger partial charge on any atom is 0.254 e. The first-order valence-electron chi connectivity index (χ1n) is 6.99. The lowest BCUT2D eigenvalue weighted by Gasteiger charge is -2.27. The van der Waals surface area contributed by atoms with E-state index < -0.39 is 6.10 Å². The van der Waals surface area contributed by atoms with Gasteiger partial charge in [0.1, 0.15) is 0 Å². The summed E-state index contributed by atoms with van der Waals surface area (Å²) in [5.74, 6) is 0.516. The molecule has 3 N–H and O–H groups in total. The molecule has 1 aliphatic carbocycles. The van der Waals surface area contributed by atoms with Gasteiger partial charge in [-0.05, 0) is 36.3 Å². The Bertz CT molecular complexity index is 477. The Morgan fingerprint density at radius 2 is 2.15 bits per heavy atom. The van der Waals surface area contributed by atoms with Crippen molar-refractivity contribution in [3.05, 3.63) is 35.4 Å². The van der Waals surface area contributed by atoms with Crippen molar-refractivity contribution in [3.63, 3.8) is 0 Å². The predicted molar refractivity (Wildman–Crippen MR) is 79.8 cm³/mol. The van der Waals surface area contributed by atoms with Crippen LogP contribution in [-0.4, -0.2) is 25.1 Å². The molecule has 0 saturated heterocycles. The number of hydrogen-bond donors (Lipinski definition) is 2. The van der Waals surface area contributed by atoms with Gasteiger partial charge in [-0.25, -0.2) is 0 Å². The minimum atomic E-state index is -0.474. The van der Waals surface area contributed by atoms with Crippen molar-refractivity contribution in [1.82, 2.24) is 5.32 Å². The van der Waals surface area contributed by atoms with Crippen LogP contribution in [0.2, 0.25) is 0 Å². The fraction of sp³-hybridized carbons (Fsp3) is 0.533. The topological polar surface area (TPSA) is 64.3 Å². The van der Waals surface area contributed by atoms with Crippen molar-refractivity contribution < 1.29 is 9.53 Å². The van der Waals surface area contributed by atoms with Crippen LogP contribution in [0, 0.1) is 5.92 Å². The zero-order valence-electron chi connectivity index (χ0n) is 11.4. The Morgan fingerprint density at radius 1 is 1.40 bits per heavy atom. The molecule has 1 aliphatic heterocycles. The first kappa shape index (κ1) is 15.3. The first-order valence-corrected chi connectivity index (χ1v) is 6.99. The highest BCUT2D eigenvalue weighted by molar-refractivity contribution is 5.85. The molecule has 1 fully saturated rings. The third-order valence-corrected chi connectivity index (χ3v) is 4.00. The van der Waals surface area contributed by atoms with E-state index in [4.69, 9.17) is 10.5 Å². The fourth-order valence-electron chi connectivity index (χ4n) is 2.74. The quantitative estimate of drug-likeness (QED) is 0.886. The molecule has 1 saturated carbocycles. The van der Waals surface area contributed by atoms with Crippen LogP contribution in [0.15, 0.2) is 24.3 Å². The van der Waals surface area contributed by atoms with Gasteiger partial charge < -0.3 is 15.8 Å². The molecule has 2 aliphatic rings. The van der Waals surface area contributed by atoms with Crippen LogP contribution >= 0.6 is 12.4 Å². The van der Waals surface area contributed by atoms with Gasteiger partial charge in [0.2, 0.25) is 0 Å². The summed E-state index contributed by atoms with van der Waals surface area (Å²) in [6.07, 6.45) is 2.75. The van der Waals surface area contributed by atoms with E-state index in [0.29, 0.717) is 19.1 Å². The molecular formula is C15H21ClN2O2. The summed E-state index contributed by atoms with van der Waals surface area (Å²) in [6.45, 7) is 1.11. The molecule has 2 atom stereocenters. The standard InChI is InChI=1S/C15H20N2O2.ClH/c16-9-13(11-5-6-11)17-15(18)14-12-4-2-1-3-10(12)7-8-19-14;/h1-4,11,13-14H,5-9,16H2,(H,17,18);1H. The van der Waals surface area contributed by atoms with Gasteiger partial charge in [0, 0.05) is 12.6 Å². The molecule has 1 amide bonds. The third kappa shape index (κ3) is 3.14. The number of halogens is 1. The minimum absolute atomic E-state index is 0. The van der Waals surface area contributed by atoms with Crippen molar-refractivity contribution >= 4 is 18.3 Å². The summed E-state index contributed by atoms with van der Waals surface area (Å²) in [7, 11) is 0. The van der Waals surface area contributed by atoms with Crippen LogP contribution in [0.5, 0.6) is 0 Å². The largest absolute Gasteiger partial charge is 0.363 e. The van der Waals surface area contributed by atoms with Gasteiger partial charge in [0.05, 0.1) is 6.61 Å². The van der Waals surface area contributed by atoms with Crippen molar-refractivity contribution in [2.75, 3.05) is 13.2 Å². The van der Waals surface area contributed by atoms with E-state index in [2.05, 4.69) is 11.4 Å². The summed E-state index contributed by atoms with van der Waals surface area (Å²) >= 11 is 0. The van der Waals surface area contributed by atoms with Gasteiger partial charge in [-0.1, -0.05) is 24.3 Å². The average molecular weight is 297 g/mol. The highest BCUT2D eigenvalue weighted by Gasteiger charge is 2.34. The SMILES string of the molecule is Cl.NCC(NC(=O)C1OCCc2ccccc21)C1CC1. The monoisotopic (exact) mass is 296 g/mol. The lowest BCUT2D eigenvalue weighted by atomic mass is 9.97. The maximum atomic E-state index is 12.4. The Hall–Kier alpha value is -1.10. The summed E-state index contributed by atoms with van der Waals surface area (Å²) in [4.78, 5) is 12.4. The van der Waals surface area contributed by atoms with Crippen LogP contribution in [0.25, 0.3) is 0 Å². The second kappa shape index (κ2) is 6.57. The van der Waals surface area contributed by atoms with E-state index in [1.54, 1.807) is 0 Å². The molecule has 20 heavy (non-hydrogen) atoms. The van der Waals surface area contributed by atoms with E-state index in [1.807, 2.05) is 18.2 Å². The normalized spacial score (nSPS) is 22.4.